The van der Waals surface area contributed by atoms with Gasteiger partial charge in [0, 0.05) is 11.1 Å². The number of fused-ring (bicyclic) bond motifs is 1. The number of carboxylic acids is 1. The van der Waals surface area contributed by atoms with E-state index in [1.165, 1.54) is 5.38 Å². The number of nitrogens with zero attached hydrogens (tertiary/aromatic N) is 1. The predicted octanol–water partition coefficient (Wildman–Crippen LogP) is 3.03. The molecule has 1 aromatic carbocycles. The Morgan fingerprint density at radius 1 is 1.35 bits per heavy atom. The number of aromatic nitrogens is 2. The molecule has 0 radical (unpaired) electrons. The molecular formula is C17H15N3O4S2. The van der Waals surface area contributed by atoms with Crippen molar-refractivity contribution in [3.05, 3.63) is 50.6 Å². The Bertz CT molecular complexity index is 1070. The number of aryl methyl sites for hydroxylation is 2. The second-order valence-electron chi connectivity index (χ2n) is 5.66. The van der Waals surface area contributed by atoms with Crippen molar-refractivity contribution in [3.8, 4) is 0 Å². The van der Waals surface area contributed by atoms with Crippen molar-refractivity contribution in [1.29, 1.82) is 0 Å². The summed E-state index contributed by atoms with van der Waals surface area (Å²) < 4.78 is 0. The Kier molecular flexibility index (Phi) is 5.10. The topological polar surface area (TPSA) is 112 Å². The van der Waals surface area contributed by atoms with E-state index in [1.807, 2.05) is 32.0 Å². The molecule has 0 aliphatic carbocycles. The minimum atomic E-state index is -1.17. The highest BCUT2D eigenvalue weighted by Gasteiger charge is 2.16. The van der Waals surface area contributed by atoms with Crippen LogP contribution in [0.25, 0.3) is 10.2 Å². The van der Waals surface area contributed by atoms with Crippen molar-refractivity contribution in [2.75, 3.05) is 11.1 Å². The largest absolute Gasteiger partial charge is 0.478 e. The van der Waals surface area contributed by atoms with Gasteiger partial charge in [-0.15, -0.1) is 11.3 Å². The van der Waals surface area contributed by atoms with E-state index in [0.29, 0.717) is 4.83 Å². The molecule has 3 aromatic rings. The minimum absolute atomic E-state index is 0.0616. The Balaban J connectivity index is 1.72. The summed E-state index contributed by atoms with van der Waals surface area (Å²) in [5.74, 6) is -1.32. The molecular weight excluding hydrogens is 374 g/mol. The zero-order chi connectivity index (χ0) is 18.8. The minimum Gasteiger partial charge on any atom is -0.478 e. The van der Waals surface area contributed by atoms with Crippen molar-refractivity contribution in [2.24, 2.45) is 0 Å². The average Bonchev–Trinajstić information content (AvgIpc) is 3.00. The standard InChI is InChI=1S/C17H15N3O4S2/c1-8-3-4-11(9(2)5-8)18-12(21)7-26-17-19-14(22)13-10(16(23)24)6-25-15(13)20-17/h3-6H,7H2,1-2H3,(H,18,21)(H,23,24)(H,19,20,22). The summed E-state index contributed by atoms with van der Waals surface area (Å²) in [6.45, 7) is 3.90. The Morgan fingerprint density at radius 3 is 2.81 bits per heavy atom. The fourth-order valence-electron chi connectivity index (χ4n) is 2.43. The van der Waals surface area contributed by atoms with Crippen LogP contribution in [0.1, 0.15) is 21.5 Å². The zero-order valence-electron chi connectivity index (χ0n) is 14.0. The van der Waals surface area contributed by atoms with Crippen LogP contribution >= 0.6 is 23.1 Å². The maximum atomic E-state index is 12.1. The Hall–Kier alpha value is -2.65. The van der Waals surface area contributed by atoms with Gasteiger partial charge in [0.05, 0.1) is 16.7 Å². The number of aromatic amines is 1. The molecule has 7 nitrogen and oxygen atoms in total. The molecule has 2 aromatic heterocycles. The van der Waals surface area contributed by atoms with Crippen molar-refractivity contribution in [2.45, 2.75) is 19.0 Å². The van der Waals surface area contributed by atoms with Gasteiger partial charge in [-0.05, 0) is 25.5 Å². The van der Waals surface area contributed by atoms with Crippen LogP contribution in [0.2, 0.25) is 0 Å². The highest BCUT2D eigenvalue weighted by atomic mass is 32.2. The summed E-state index contributed by atoms with van der Waals surface area (Å²) >= 11 is 2.17. The zero-order valence-corrected chi connectivity index (χ0v) is 15.6. The monoisotopic (exact) mass is 389 g/mol. The summed E-state index contributed by atoms with van der Waals surface area (Å²) in [4.78, 5) is 42.5. The first-order valence-corrected chi connectivity index (χ1v) is 9.46. The first-order valence-electron chi connectivity index (χ1n) is 7.60. The molecule has 0 fully saturated rings. The number of aromatic carboxylic acids is 1. The molecule has 0 atom stereocenters. The number of thioether (sulfide) groups is 1. The molecule has 0 aliphatic heterocycles. The quantitative estimate of drug-likeness (QED) is 0.457. The van der Waals surface area contributed by atoms with E-state index in [2.05, 4.69) is 15.3 Å². The van der Waals surface area contributed by atoms with Crippen LogP contribution in [0.15, 0.2) is 33.5 Å². The predicted molar refractivity (Wildman–Crippen MR) is 102 cm³/mol. The van der Waals surface area contributed by atoms with Crippen molar-refractivity contribution >= 4 is 50.9 Å². The molecule has 26 heavy (non-hydrogen) atoms. The van der Waals surface area contributed by atoms with E-state index in [0.717, 1.165) is 39.9 Å². The maximum Gasteiger partial charge on any atom is 0.337 e. The Labute approximate surface area is 156 Å². The number of H-pyrrole nitrogens is 1. The van der Waals surface area contributed by atoms with Crippen LogP contribution < -0.4 is 10.9 Å². The summed E-state index contributed by atoms with van der Waals surface area (Å²) in [6.07, 6.45) is 0. The number of carboxylic acid groups (broad SMARTS) is 1. The second-order valence-corrected chi connectivity index (χ2v) is 7.48. The number of amides is 1. The van der Waals surface area contributed by atoms with Crippen molar-refractivity contribution in [3.63, 3.8) is 0 Å². The number of nitrogens with one attached hydrogen (secondary N) is 2. The molecule has 0 saturated heterocycles. The number of rotatable bonds is 5. The number of carbonyl (C=O) groups excluding carboxylic acids is 1. The first kappa shape index (κ1) is 18.2. The van der Waals surface area contributed by atoms with Crippen LogP contribution in [0.4, 0.5) is 5.69 Å². The third-order valence-corrected chi connectivity index (χ3v) is 5.39. The number of thiophene rings is 1. The molecule has 0 spiro atoms. The molecule has 3 rings (SSSR count). The first-order chi connectivity index (χ1) is 12.3. The number of carbonyl (C=O) groups is 2. The van der Waals surface area contributed by atoms with Gasteiger partial charge < -0.3 is 15.4 Å². The van der Waals surface area contributed by atoms with E-state index >= 15 is 0 Å². The van der Waals surface area contributed by atoms with Crippen LogP contribution in [0, 0.1) is 13.8 Å². The Morgan fingerprint density at radius 2 is 2.12 bits per heavy atom. The van der Waals surface area contributed by atoms with Gasteiger partial charge in [-0.25, -0.2) is 9.78 Å². The van der Waals surface area contributed by atoms with E-state index in [4.69, 9.17) is 5.11 Å². The van der Waals surface area contributed by atoms with Gasteiger partial charge in [0.2, 0.25) is 5.91 Å². The average molecular weight is 389 g/mol. The van der Waals surface area contributed by atoms with Crippen molar-refractivity contribution < 1.29 is 14.7 Å². The molecule has 1 amide bonds. The maximum absolute atomic E-state index is 12.1. The summed E-state index contributed by atoms with van der Waals surface area (Å²) in [5, 5.41) is 13.6. The van der Waals surface area contributed by atoms with E-state index in [-0.39, 0.29) is 27.8 Å². The van der Waals surface area contributed by atoms with Gasteiger partial charge in [0.25, 0.3) is 5.56 Å². The van der Waals surface area contributed by atoms with Crippen LogP contribution in [0.5, 0.6) is 0 Å². The fraction of sp³-hybridized carbons (Fsp3) is 0.176. The van der Waals surface area contributed by atoms with Crippen molar-refractivity contribution in [1.82, 2.24) is 9.97 Å². The molecule has 9 heteroatoms. The summed E-state index contributed by atoms with van der Waals surface area (Å²) in [7, 11) is 0. The lowest BCUT2D eigenvalue weighted by Gasteiger charge is -2.08. The third-order valence-electron chi connectivity index (χ3n) is 3.65. The van der Waals surface area contributed by atoms with Crippen LogP contribution in [0.3, 0.4) is 0 Å². The van der Waals surface area contributed by atoms with Gasteiger partial charge in [0.1, 0.15) is 4.83 Å². The number of hydrogen-bond donors (Lipinski definition) is 3. The van der Waals surface area contributed by atoms with Gasteiger partial charge in [-0.3, -0.25) is 9.59 Å². The van der Waals surface area contributed by atoms with E-state index in [1.54, 1.807) is 0 Å². The fourth-order valence-corrected chi connectivity index (χ4v) is 4.06. The van der Waals surface area contributed by atoms with Gasteiger partial charge in [0.15, 0.2) is 5.16 Å². The lowest BCUT2D eigenvalue weighted by molar-refractivity contribution is -0.113. The van der Waals surface area contributed by atoms with Gasteiger partial charge >= 0.3 is 5.97 Å². The summed E-state index contributed by atoms with van der Waals surface area (Å²) in [5.41, 5.74) is 2.23. The lowest BCUT2D eigenvalue weighted by atomic mass is 10.1. The van der Waals surface area contributed by atoms with Crippen LogP contribution in [-0.2, 0) is 4.79 Å². The molecule has 0 aliphatic rings. The second kappa shape index (κ2) is 7.30. The third kappa shape index (κ3) is 3.78. The number of hydrogen-bond acceptors (Lipinski definition) is 6. The molecule has 0 saturated carbocycles. The lowest BCUT2D eigenvalue weighted by Crippen LogP contribution is -2.16. The molecule has 3 N–H and O–H groups in total. The van der Waals surface area contributed by atoms with E-state index < -0.39 is 11.5 Å². The highest BCUT2D eigenvalue weighted by Crippen LogP contribution is 2.23. The smallest absolute Gasteiger partial charge is 0.337 e. The number of benzene rings is 1. The van der Waals surface area contributed by atoms with E-state index in [9.17, 15) is 14.4 Å². The number of anilines is 1. The van der Waals surface area contributed by atoms with Gasteiger partial charge in [-0.1, -0.05) is 29.5 Å². The molecule has 0 bridgehead atoms. The SMILES string of the molecule is Cc1ccc(NC(=O)CSc2nc3scc(C(=O)O)c3c(=O)[nH]2)c(C)c1. The molecule has 0 unspecified atom stereocenters. The molecule has 134 valence electrons. The van der Waals surface area contributed by atoms with Gasteiger partial charge in [-0.2, -0.15) is 0 Å². The van der Waals surface area contributed by atoms with Crippen LogP contribution in [-0.4, -0.2) is 32.7 Å². The normalized spacial score (nSPS) is 10.8. The highest BCUT2D eigenvalue weighted by molar-refractivity contribution is 7.99. The summed E-state index contributed by atoms with van der Waals surface area (Å²) in [6, 6.07) is 5.74. The molecule has 2 heterocycles.